The van der Waals surface area contributed by atoms with Crippen molar-refractivity contribution < 1.29 is 24.2 Å². The number of carbonyl (C=O) groups is 3. The Morgan fingerprint density at radius 3 is 2.23 bits per heavy atom. The number of ether oxygens (including phenoxy) is 1. The Morgan fingerprint density at radius 1 is 1.03 bits per heavy atom. The van der Waals surface area contributed by atoms with Gasteiger partial charge in [-0.1, -0.05) is 61.5 Å². The minimum absolute atomic E-state index is 0.0979. The molecule has 0 aliphatic heterocycles. The summed E-state index contributed by atoms with van der Waals surface area (Å²) in [4.78, 5) is 35.4. The van der Waals surface area contributed by atoms with Crippen molar-refractivity contribution in [3.8, 4) is 11.1 Å². The monoisotopic (exact) mass is 423 g/mol. The second-order valence-corrected chi connectivity index (χ2v) is 7.49. The van der Waals surface area contributed by atoms with Crippen LogP contribution in [0, 0.1) is 5.92 Å². The molecule has 2 aromatic rings. The van der Waals surface area contributed by atoms with Crippen LogP contribution in [-0.2, 0) is 25.5 Å². The molecule has 31 heavy (non-hydrogen) atoms. The van der Waals surface area contributed by atoms with Crippen LogP contribution in [-0.4, -0.2) is 35.6 Å². The van der Waals surface area contributed by atoms with Gasteiger partial charge in [0.1, 0.15) is 0 Å². The Kier molecular flexibility index (Phi) is 9.00. The van der Waals surface area contributed by atoms with Crippen molar-refractivity contribution >= 4 is 17.8 Å². The third-order valence-corrected chi connectivity index (χ3v) is 4.90. The van der Waals surface area contributed by atoms with Gasteiger partial charge in [0.2, 0.25) is 5.91 Å². The first kappa shape index (κ1) is 23.9. The van der Waals surface area contributed by atoms with Crippen LogP contribution in [0.4, 0.5) is 0 Å². The third-order valence-electron chi connectivity index (χ3n) is 4.90. The van der Waals surface area contributed by atoms with E-state index >= 15 is 0 Å². The Labute approximate surface area is 182 Å². The molecule has 1 amide bonds. The molecule has 2 aromatic carbocycles. The van der Waals surface area contributed by atoms with Gasteiger partial charge in [-0.3, -0.25) is 9.59 Å². The van der Waals surface area contributed by atoms with Crippen molar-refractivity contribution in [3.05, 3.63) is 71.8 Å². The molecule has 0 heterocycles. The molecule has 0 spiro atoms. The van der Waals surface area contributed by atoms with E-state index in [0.717, 1.165) is 22.8 Å². The molecule has 2 atom stereocenters. The van der Waals surface area contributed by atoms with Crippen LogP contribution >= 0.6 is 0 Å². The van der Waals surface area contributed by atoms with Gasteiger partial charge >= 0.3 is 11.9 Å². The number of amides is 1. The van der Waals surface area contributed by atoms with Gasteiger partial charge in [-0.05, 0) is 43.4 Å². The van der Waals surface area contributed by atoms with E-state index in [-0.39, 0.29) is 17.6 Å². The lowest BCUT2D eigenvalue weighted by atomic mass is 9.94. The molecule has 2 rings (SSSR count). The van der Waals surface area contributed by atoms with E-state index in [1.54, 1.807) is 13.8 Å². The van der Waals surface area contributed by atoms with Crippen molar-refractivity contribution in [1.29, 1.82) is 0 Å². The van der Waals surface area contributed by atoms with Gasteiger partial charge < -0.3 is 15.2 Å². The van der Waals surface area contributed by atoms with Crippen molar-refractivity contribution in [3.63, 3.8) is 0 Å². The number of rotatable bonds is 10. The predicted octanol–water partition coefficient (Wildman–Crippen LogP) is 4.00. The molecule has 0 aromatic heterocycles. The summed E-state index contributed by atoms with van der Waals surface area (Å²) in [5.41, 5.74) is 3.30. The number of hydrogen-bond acceptors (Lipinski definition) is 4. The summed E-state index contributed by atoms with van der Waals surface area (Å²) in [6.07, 6.45) is 1.76. The summed E-state index contributed by atoms with van der Waals surface area (Å²) in [5, 5.41) is 11.7. The number of benzene rings is 2. The summed E-state index contributed by atoms with van der Waals surface area (Å²) in [5.74, 6) is -2.37. The molecular weight excluding hydrogens is 394 g/mol. The Balaban J connectivity index is 2.16. The lowest BCUT2D eigenvalue weighted by Gasteiger charge is -2.22. The zero-order valence-electron chi connectivity index (χ0n) is 18.1. The lowest BCUT2D eigenvalue weighted by molar-refractivity contribution is -0.148. The van der Waals surface area contributed by atoms with E-state index < -0.39 is 17.8 Å². The van der Waals surface area contributed by atoms with E-state index in [0.29, 0.717) is 19.4 Å². The highest BCUT2D eigenvalue weighted by atomic mass is 16.5. The Bertz CT molecular complexity index is 919. The molecule has 0 fully saturated rings. The van der Waals surface area contributed by atoms with Gasteiger partial charge in [0, 0.05) is 17.7 Å². The van der Waals surface area contributed by atoms with Crippen LogP contribution in [0.15, 0.2) is 66.2 Å². The molecule has 6 heteroatoms. The first-order chi connectivity index (χ1) is 14.8. The summed E-state index contributed by atoms with van der Waals surface area (Å²) < 4.78 is 5.08. The molecule has 2 N–H and O–H groups in total. The number of carboxylic acid groups (broad SMARTS) is 1. The summed E-state index contributed by atoms with van der Waals surface area (Å²) in [7, 11) is 0. The quantitative estimate of drug-likeness (QED) is 0.445. The predicted molar refractivity (Wildman–Crippen MR) is 119 cm³/mol. The van der Waals surface area contributed by atoms with Crippen molar-refractivity contribution in [2.45, 2.75) is 39.7 Å². The minimum Gasteiger partial charge on any atom is -0.478 e. The normalized spacial score (nSPS) is 13.2. The number of nitrogens with one attached hydrogen (secondary N) is 1. The first-order valence-electron chi connectivity index (χ1n) is 10.3. The average molecular weight is 424 g/mol. The molecule has 6 nitrogen and oxygen atoms in total. The highest BCUT2D eigenvalue weighted by molar-refractivity contribution is 5.98. The van der Waals surface area contributed by atoms with Gasteiger partial charge in [-0.2, -0.15) is 0 Å². The summed E-state index contributed by atoms with van der Waals surface area (Å²) in [6, 6.07) is 17.7. The Morgan fingerprint density at radius 2 is 1.65 bits per heavy atom. The molecule has 0 aliphatic carbocycles. The maximum absolute atomic E-state index is 12.4. The van der Waals surface area contributed by atoms with Crippen LogP contribution in [0.3, 0.4) is 0 Å². The fourth-order valence-corrected chi connectivity index (χ4v) is 3.30. The molecule has 0 saturated heterocycles. The van der Waals surface area contributed by atoms with Crippen molar-refractivity contribution in [1.82, 2.24) is 5.32 Å². The fraction of sp³-hybridized carbons (Fsp3) is 0.320. The molecule has 0 saturated carbocycles. The number of esters is 1. The maximum Gasteiger partial charge on any atom is 0.328 e. The molecule has 0 bridgehead atoms. The van der Waals surface area contributed by atoms with Crippen LogP contribution in [0.25, 0.3) is 11.1 Å². The van der Waals surface area contributed by atoms with E-state index in [4.69, 9.17) is 9.84 Å². The number of aliphatic carboxylic acids is 1. The molecular formula is C25H29NO5. The maximum atomic E-state index is 12.4. The third kappa shape index (κ3) is 7.74. The number of carbonyl (C=O) groups excluding carboxylic acids is 2. The minimum atomic E-state index is -1.18. The van der Waals surface area contributed by atoms with E-state index in [9.17, 15) is 14.4 Å². The highest BCUT2D eigenvalue weighted by Gasteiger charge is 2.22. The van der Waals surface area contributed by atoms with Crippen LogP contribution in [0.2, 0.25) is 0 Å². The average Bonchev–Trinajstić information content (AvgIpc) is 2.74. The molecule has 164 valence electrons. The number of hydrogen-bond donors (Lipinski definition) is 2. The van der Waals surface area contributed by atoms with Gasteiger partial charge in [0.05, 0.1) is 12.5 Å². The van der Waals surface area contributed by atoms with Gasteiger partial charge in [0.15, 0.2) is 0 Å². The van der Waals surface area contributed by atoms with E-state index in [2.05, 4.69) is 5.32 Å². The fourth-order valence-electron chi connectivity index (χ4n) is 3.30. The zero-order chi connectivity index (χ0) is 22.8. The van der Waals surface area contributed by atoms with Crippen LogP contribution < -0.4 is 5.32 Å². The van der Waals surface area contributed by atoms with E-state index in [1.807, 2.05) is 54.6 Å². The first-order valence-corrected chi connectivity index (χ1v) is 10.3. The summed E-state index contributed by atoms with van der Waals surface area (Å²) in [6.45, 7) is 5.25. The smallest absolute Gasteiger partial charge is 0.328 e. The topological polar surface area (TPSA) is 92.7 Å². The number of carboxylic acids is 1. The lowest BCUT2D eigenvalue weighted by Crippen LogP contribution is -2.39. The van der Waals surface area contributed by atoms with Crippen molar-refractivity contribution in [2.24, 2.45) is 5.92 Å². The second kappa shape index (κ2) is 11.7. The standard InChI is InChI=1S/C25H29NO5/c1-4-31-25(30)18(3)14-22(26-24(29)17(2)15-23(27)28)16-19-10-12-21(13-11-19)20-8-6-5-7-9-20/h5-13,15,18,22H,4,14,16H2,1-3H3,(H,26,29)(H,27,28)/b17-15-/t18-,22+/m1/s1. The zero-order valence-corrected chi connectivity index (χ0v) is 18.1. The SMILES string of the molecule is CCOC(=O)[C@H](C)C[C@@H](Cc1ccc(-c2ccccc2)cc1)NC(=O)/C(C)=C\C(=O)O. The largest absolute Gasteiger partial charge is 0.478 e. The van der Waals surface area contributed by atoms with Crippen molar-refractivity contribution in [2.75, 3.05) is 6.61 Å². The van der Waals surface area contributed by atoms with Gasteiger partial charge in [-0.25, -0.2) is 4.79 Å². The Hall–Kier alpha value is -3.41. The van der Waals surface area contributed by atoms with Crippen LogP contribution in [0.5, 0.6) is 0 Å². The van der Waals surface area contributed by atoms with Crippen LogP contribution in [0.1, 0.15) is 32.8 Å². The van der Waals surface area contributed by atoms with Gasteiger partial charge in [0.25, 0.3) is 0 Å². The highest BCUT2D eigenvalue weighted by Crippen LogP contribution is 2.21. The molecule has 0 aliphatic rings. The molecule has 0 unspecified atom stereocenters. The van der Waals surface area contributed by atoms with E-state index in [1.165, 1.54) is 6.92 Å². The summed E-state index contributed by atoms with van der Waals surface area (Å²) >= 11 is 0. The second-order valence-electron chi connectivity index (χ2n) is 7.49. The molecule has 0 radical (unpaired) electrons. The van der Waals surface area contributed by atoms with Gasteiger partial charge in [-0.15, -0.1) is 0 Å².